The molecule has 0 aliphatic heterocycles. The van der Waals surface area contributed by atoms with Crippen molar-refractivity contribution >= 4 is 21.5 Å². The Hall–Kier alpha value is -5.22. The molecule has 274 valence electrons. The first kappa shape index (κ1) is 37.5. The molecule has 0 amide bonds. The molecule has 6 aromatic carbocycles. The lowest BCUT2D eigenvalue weighted by atomic mass is 9.84. The summed E-state index contributed by atoms with van der Waals surface area (Å²) in [5, 5.41) is 25.8. The first-order chi connectivity index (χ1) is 25.9. The average Bonchev–Trinajstić information content (AvgIpc) is 3.19. The quantitative estimate of drug-likeness (QED) is 0.0500. The standard InChI is InChI=1S/C49H54O4/c1-4-36(38-20-25-44(50)26-21-38)15-11-17-37(39-22-27-45(28-23-39)53-31-30-52-5-2)16-10-12-35(3)40-24-29-49(51)43(32-40)34-48-46-18-8-6-13-41(46)33-42-14-7-9-19-47(42)48/h5-9,13-14,18-29,32-33,35-37,50-51H,2,4,10-12,15-17,30-31,34H2,1,3H3. The lowest BCUT2D eigenvalue weighted by Gasteiger charge is -2.22. The number of hydrogen-bond donors (Lipinski definition) is 2. The van der Waals surface area contributed by atoms with Crippen molar-refractivity contribution < 1.29 is 19.7 Å². The fourth-order valence-electron chi connectivity index (χ4n) is 7.95. The summed E-state index contributed by atoms with van der Waals surface area (Å²) in [5.41, 5.74) is 6.18. The van der Waals surface area contributed by atoms with Gasteiger partial charge in [0.15, 0.2) is 0 Å². The molecule has 3 unspecified atom stereocenters. The Labute approximate surface area is 315 Å². The highest BCUT2D eigenvalue weighted by Crippen LogP contribution is 2.36. The normalized spacial score (nSPS) is 13.1. The van der Waals surface area contributed by atoms with Gasteiger partial charge in [0.05, 0.1) is 6.26 Å². The minimum absolute atomic E-state index is 0.320. The van der Waals surface area contributed by atoms with E-state index in [1.54, 1.807) is 12.1 Å². The smallest absolute Gasteiger partial charge is 0.122 e. The second-order valence-electron chi connectivity index (χ2n) is 14.5. The number of hydrogen-bond acceptors (Lipinski definition) is 4. The van der Waals surface area contributed by atoms with Crippen LogP contribution < -0.4 is 4.74 Å². The molecule has 0 fully saturated rings. The number of rotatable bonds is 19. The van der Waals surface area contributed by atoms with Crippen LogP contribution in [0, 0.1) is 0 Å². The summed E-state index contributed by atoms with van der Waals surface area (Å²) < 4.78 is 11.1. The van der Waals surface area contributed by atoms with E-state index in [1.807, 2.05) is 6.07 Å². The second-order valence-corrected chi connectivity index (χ2v) is 14.5. The second kappa shape index (κ2) is 18.5. The van der Waals surface area contributed by atoms with Crippen molar-refractivity contribution in [1.82, 2.24) is 0 Å². The first-order valence-electron chi connectivity index (χ1n) is 19.4. The number of fused-ring (bicyclic) bond motifs is 2. The molecule has 0 saturated heterocycles. The van der Waals surface area contributed by atoms with E-state index in [0.717, 1.165) is 56.3 Å². The Morgan fingerprint density at radius 1 is 0.642 bits per heavy atom. The topological polar surface area (TPSA) is 58.9 Å². The monoisotopic (exact) mass is 706 g/mol. The third kappa shape index (κ3) is 9.81. The third-order valence-electron chi connectivity index (χ3n) is 11.0. The van der Waals surface area contributed by atoms with Gasteiger partial charge in [-0.05, 0) is 136 Å². The molecule has 0 aromatic heterocycles. The molecule has 6 aromatic rings. The molecule has 4 heteroatoms. The maximum Gasteiger partial charge on any atom is 0.122 e. The molecule has 0 aliphatic rings. The van der Waals surface area contributed by atoms with E-state index in [-0.39, 0.29) is 0 Å². The van der Waals surface area contributed by atoms with Gasteiger partial charge in [-0.1, -0.05) is 118 Å². The molecule has 53 heavy (non-hydrogen) atoms. The summed E-state index contributed by atoms with van der Waals surface area (Å²) in [7, 11) is 0. The Bertz CT molecular complexity index is 2010. The van der Waals surface area contributed by atoms with Crippen LogP contribution in [0.1, 0.15) is 104 Å². The van der Waals surface area contributed by atoms with Crippen LogP contribution in [0.2, 0.25) is 0 Å². The van der Waals surface area contributed by atoms with Gasteiger partial charge in [-0.25, -0.2) is 0 Å². The molecular weight excluding hydrogens is 653 g/mol. The van der Waals surface area contributed by atoms with Crippen molar-refractivity contribution in [3.63, 3.8) is 0 Å². The van der Waals surface area contributed by atoms with Crippen molar-refractivity contribution in [3.05, 3.63) is 162 Å². The van der Waals surface area contributed by atoms with E-state index in [2.05, 4.69) is 124 Å². The van der Waals surface area contributed by atoms with E-state index >= 15 is 0 Å². The molecular formula is C49H54O4. The summed E-state index contributed by atoms with van der Waals surface area (Å²) in [6.07, 6.45) is 9.90. The molecule has 2 N–H and O–H groups in total. The molecule has 0 heterocycles. The lowest BCUT2D eigenvalue weighted by molar-refractivity contribution is 0.179. The zero-order valence-corrected chi connectivity index (χ0v) is 31.3. The molecule has 0 bridgehead atoms. The largest absolute Gasteiger partial charge is 0.508 e. The van der Waals surface area contributed by atoms with Crippen LogP contribution in [-0.4, -0.2) is 23.4 Å². The van der Waals surface area contributed by atoms with Crippen LogP contribution in [0.3, 0.4) is 0 Å². The highest BCUT2D eigenvalue weighted by atomic mass is 16.5. The minimum Gasteiger partial charge on any atom is -0.508 e. The molecule has 0 radical (unpaired) electrons. The summed E-state index contributed by atoms with van der Waals surface area (Å²) in [4.78, 5) is 0. The highest BCUT2D eigenvalue weighted by Gasteiger charge is 2.18. The van der Waals surface area contributed by atoms with Gasteiger partial charge < -0.3 is 19.7 Å². The fraction of sp³-hybridized carbons (Fsp3) is 0.306. The Morgan fingerprint density at radius 3 is 1.89 bits per heavy atom. The van der Waals surface area contributed by atoms with E-state index in [1.165, 1.54) is 50.1 Å². The first-order valence-corrected chi connectivity index (χ1v) is 19.4. The molecule has 0 spiro atoms. The van der Waals surface area contributed by atoms with Crippen LogP contribution in [0.5, 0.6) is 17.2 Å². The molecule has 0 aliphatic carbocycles. The Balaban J connectivity index is 1.13. The van der Waals surface area contributed by atoms with Crippen LogP contribution >= 0.6 is 0 Å². The van der Waals surface area contributed by atoms with E-state index in [0.29, 0.717) is 48.9 Å². The Kier molecular flexibility index (Phi) is 13.1. The number of phenolic OH excluding ortho intramolecular Hbond substituents is 2. The predicted molar refractivity (Wildman–Crippen MR) is 220 cm³/mol. The molecule has 3 atom stereocenters. The zero-order valence-electron chi connectivity index (χ0n) is 31.3. The number of phenols is 2. The van der Waals surface area contributed by atoms with Gasteiger partial charge in [0.2, 0.25) is 0 Å². The van der Waals surface area contributed by atoms with Crippen LogP contribution in [0.15, 0.2) is 134 Å². The van der Waals surface area contributed by atoms with Gasteiger partial charge in [0, 0.05) is 6.42 Å². The van der Waals surface area contributed by atoms with Crippen molar-refractivity contribution in [2.75, 3.05) is 13.2 Å². The van der Waals surface area contributed by atoms with Crippen molar-refractivity contribution in [2.45, 2.75) is 83.0 Å². The third-order valence-corrected chi connectivity index (χ3v) is 11.0. The van der Waals surface area contributed by atoms with Gasteiger partial charge in [0.25, 0.3) is 0 Å². The summed E-state index contributed by atoms with van der Waals surface area (Å²) in [5.74, 6) is 2.84. The minimum atomic E-state index is 0.320. The van der Waals surface area contributed by atoms with Crippen LogP contribution in [-0.2, 0) is 11.2 Å². The molecule has 0 saturated carbocycles. The van der Waals surface area contributed by atoms with E-state index in [4.69, 9.17) is 9.47 Å². The fourth-order valence-corrected chi connectivity index (χ4v) is 7.95. The summed E-state index contributed by atoms with van der Waals surface area (Å²) >= 11 is 0. The van der Waals surface area contributed by atoms with Crippen molar-refractivity contribution in [1.29, 1.82) is 0 Å². The SMILES string of the molecule is C=COCCOc1ccc(C(CCCC(C)c2ccc(O)c(Cc3c4ccccc4cc4ccccc34)c2)CCCC(CC)c2ccc(O)cc2)cc1. The maximum atomic E-state index is 11.1. The molecule has 4 nitrogen and oxygen atoms in total. The predicted octanol–water partition coefficient (Wildman–Crippen LogP) is 13.0. The van der Waals surface area contributed by atoms with E-state index in [9.17, 15) is 10.2 Å². The van der Waals surface area contributed by atoms with Crippen LogP contribution in [0.25, 0.3) is 21.5 Å². The summed E-state index contributed by atoms with van der Waals surface area (Å²) in [6.45, 7) is 9.14. The summed E-state index contributed by atoms with van der Waals surface area (Å²) in [6, 6.07) is 42.0. The van der Waals surface area contributed by atoms with Gasteiger partial charge >= 0.3 is 0 Å². The van der Waals surface area contributed by atoms with Crippen LogP contribution in [0.4, 0.5) is 0 Å². The zero-order chi connectivity index (χ0) is 37.0. The van der Waals surface area contributed by atoms with Gasteiger partial charge in [0.1, 0.15) is 30.5 Å². The highest BCUT2D eigenvalue weighted by molar-refractivity contribution is 6.02. The van der Waals surface area contributed by atoms with Crippen molar-refractivity contribution in [3.8, 4) is 17.2 Å². The van der Waals surface area contributed by atoms with Gasteiger partial charge in [-0.3, -0.25) is 0 Å². The number of aromatic hydroxyl groups is 2. The van der Waals surface area contributed by atoms with Crippen molar-refractivity contribution in [2.24, 2.45) is 0 Å². The number of benzene rings is 6. The average molecular weight is 707 g/mol. The molecule has 6 rings (SSSR count). The van der Waals surface area contributed by atoms with Gasteiger partial charge in [-0.2, -0.15) is 0 Å². The maximum absolute atomic E-state index is 11.1. The van der Waals surface area contributed by atoms with Gasteiger partial charge in [-0.15, -0.1) is 0 Å². The number of ether oxygens (including phenoxy) is 2. The van der Waals surface area contributed by atoms with E-state index < -0.39 is 0 Å². The lowest BCUT2D eigenvalue weighted by Crippen LogP contribution is -2.05. The Morgan fingerprint density at radius 2 is 1.23 bits per heavy atom.